The molecule has 1 amide bonds. The summed E-state index contributed by atoms with van der Waals surface area (Å²) in [6.45, 7) is 5.78. The summed E-state index contributed by atoms with van der Waals surface area (Å²) in [6.07, 6.45) is 6.77. The van der Waals surface area contributed by atoms with Gasteiger partial charge in [-0.2, -0.15) is 0 Å². The van der Waals surface area contributed by atoms with Crippen LogP contribution in [0.25, 0.3) is 0 Å². The number of hydrogen-bond acceptors (Lipinski definition) is 1. The van der Waals surface area contributed by atoms with Crippen molar-refractivity contribution >= 4 is 5.91 Å². The molecule has 0 fully saturated rings. The highest BCUT2D eigenvalue weighted by molar-refractivity contribution is 5.91. The molecule has 0 aromatic heterocycles. The van der Waals surface area contributed by atoms with E-state index in [1.807, 2.05) is 0 Å². The first-order valence-electron chi connectivity index (χ1n) is 4.66. The Hall–Kier alpha value is -0.790. The van der Waals surface area contributed by atoms with Crippen molar-refractivity contribution in [2.45, 2.75) is 45.4 Å². The van der Waals surface area contributed by atoms with Crippen LogP contribution in [0.3, 0.4) is 0 Å². The summed E-state index contributed by atoms with van der Waals surface area (Å²) < 4.78 is 0. The molecule has 0 aromatic carbocycles. The lowest BCUT2D eigenvalue weighted by atomic mass is 10.1. The van der Waals surface area contributed by atoms with Crippen LogP contribution >= 0.6 is 0 Å². The van der Waals surface area contributed by atoms with Crippen LogP contribution in [0, 0.1) is 0 Å². The molecule has 2 N–H and O–H groups in total. The van der Waals surface area contributed by atoms with Crippen molar-refractivity contribution in [3.05, 3.63) is 12.2 Å². The van der Waals surface area contributed by atoms with E-state index >= 15 is 0 Å². The molecule has 70 valence electrons. The van der Waals surface area contributed by atoms with Crippen molar-refractivity contribution in [1.29, 1.82) is 0 Å². The van der Waals surface area contributed by atoms with Gasteiger partial charge in [0.15, 0.2) is 0 Å². The topological polar surface area (TPSA) is 43.1 Å². The molecule has 0 heterocycles. The Morgan fingerprint density at radius 2 is 1.83 bits per heavy atom. The fourth-order valence-electron chi connectivity index (χ4n) is 1.07. The third-order valence-electron chi connectivity index (χ3n) is 1.93. The molecule has 0 aliphatic rings. The Morgan fingerprint density at radius 1 is 1.25 bits per heavy atom. The van der Waals surface area contributed by atoms with E-state index in [-0.39, 0.29) is 5.91 Å². The predicted molar refractivity (Wildman–Crippen MR) is 51.7 cm³/mol. The van der Waals surface area contributed by atoms with Gasteiger partial charge in [0.05, 0.1) is 0 Å². The molecular weight excluding hydrogens is 150 g/mol. The number of primary amides is 1. The number of carbonyl (C=O) groups is 1. The van der Waals surface area contributed by atoms with Crippen molar-refractivity contribution in [2.75, 3.05) is 0 Å². The molecule has 0 aliphatic heterocycles. The van der Waals surface area contributed by atoms with Gasteiger partial charge in [0, 0.05) is 5.57 Å². The molecule has 0 spiro atoms. The second-order valence-electron chi connectivity index (χ2n) is 3.13. The summed E-state index contributed by atoms with van der Waals surface area (Å²) in [5.41, 5.74) is 5.60. The van der Waals surface area contributed by atoms with Gasteiger partial charge in [-0.3, -0.25) is 4.79 Å². The van der Waals surface area contributed by atoms with Crippen molar-refractivity contribution in [1.82, 2.24) is 0 Å². The number of amides is 1. The van der Waals surface area contributed by atoms with Gasteiger partial charge in [-0.1, -0.05) is 39.2 Å². The van der Waals surface area contributed by atoms with E-state index in [4.69, 9.17) is 5.73 Å². The number of nitrogens with two attached hydrogens (primary N) is 1. The van der Waals surface area contributed by atoms with Crippen molar-refractivity contribution in [3.63, 3.8) is 0 Å². The van der Waals surface area contributed by atoms with Crippen LogP contribution in [0.2, 0.25) is 0 Å². The van der Waals surface area contributed by atoms with Gasteiger partial charge < -0.3 is 5.73 Å². The van der Waals surface area contributed by atoms with Gasteiger partial charge in [-0.05, 0) is 12.8 Å². The van der Waals surface area contributed by atoms with Crippen LogP contribution in [-0.4, -0.2) is 5.91 Å². The Kier molecular flexibility index (Phi) is 6.44. The fraction of sp³-hybridized carbons (Fsp3) is 0.700. The summed E-state index contributed by atoms with van der Waals surface area (Å²) in [5.74, 6) is -0.356. The number of unbranched alkanes of at least 4 members (excludes halogenated alkanes) is 4. The van der Waals surface area contributed by atoms with E-state index in [1.165, 1.54) is 25.7 Å². The maximum Gasteiger partial charge on any atom is 0.244 e. The molecule has 0 atom stereocenters. The molecule has 0 aliphatic carbocycles. The van der Waals surface area contributed by atoms with Crippen LogP contribution in [0.4, 0.5) is 0 Å². The first kappa shape index (κ1) is 11.2. The van der Waals surface area contributed by atoms with Gasteiger partial charge in [-0.15, -0.1) is 0 Å². The maximum absolute atomic E-state index is 10.5. The van der Waals surface area contributed by atoms with Crippen LogP contribution in [-0.2, 0) is 4.79 Å². The lowest BCUT2D eigenvalue weighted by molar-refractivity contribution is -0.114. The average molecular weight is 169 g/mol. The van der Waals surface area contributed by atoms with E-state index in [9.17, 15) is 4.79 Å². The third-order valence-corrected chi connectivity index (χ3v) is 1.93. The second-order valence-corrected chi connectivity index (χ2v) is 3.13. The second kappa shape index (κ2) is 6.89. The molecule has 2 heteroatoms. The van der Waals surface area contributed by atoms with E-state index in [2.05, 4.69) is 13.5 Å². The molecule has 0 aromatic rings. The minimum Gasteiger partial charge on any atom is -0.366 e. The quantitative estimate of drug-likeness (QED) is 0.461. The Balaban J connectivity index is 3.20. The first-order chi connectivity index (χ1) is 5.68. The van der Waals surface area contributed by atoms with Crippen LogP contribution in [0.1, 0.15) is 45.4 Å². The third kappa shape index (κ3) is 5.96. The van der Waals surface area contributed by atoms with Gasteiger partial charge in [-0.25, -0.2) is 0 Å². The first-order valence-corrected chi connectivity index (χ1v) is 4.66. The lowest BCUT2D eigenvalue weighted by Crippen LogP contribution is -2.12. The summed E-state index contributed by atoms with van der Waals surface area (Å²) in [6, 6.07) is 0. The van der Waals surface area contributed by atoms with Crippen LogP contribution in [0.15, 0.2) is 12.2 Å². The standard InChI is InChI=1S/C10H19NO/c1-3-4-5-6-7-8-9(2)10(11)12/h2-8H2,1H3,(H2,11,12). The van der Waals surface area contributed by atoms with Gasteiger partial charge in [0.25, 0.3) is 0 Å². The average Bonchev–Trinajstić information content (AvgIpc) is 2.03. The molecule has 0 unspecified atom stereocenters. The van der Waals surface area contributed by atoms with E-state index < -0.39 is 0 Å². The molecule has 0 saturated heterocycles. The molecule has 0 bridgehead atoms. The molecule has 0 radical (unpaired) electrons. The van der Waals surface area contributed by atoms with Gasteiger partial charge in [0.2, 0.25) is 5.91 Å². The Bertz CT molecular complexity index is 152. The van der Waals surface area contributed by atoms with Crippen molar-refractivity contribution in [2.24, 2.45) is 5.73 Å². The smallest absolute Gasteiger partial charge is 0.244 e. The van der Waals surface area contributed by atoms with E-state index in [0.717, 1.165) is 12.8 Å². The number of carbonyl (C=O) groups excluding carboxylic acids is 1. The Labute approximate surface area is 74.8 Å². The zero-order chi connectivity index (χ0) is 9.40. The number of rotatable bonds is 7. The highest BCUT2D eigenvalue weighted by Crippen LogP contribution is 2.08. The lowest BCUT2D eigenvalue weighted by Gasteiger charge is -2.00. The summed E-state index contributed by atoms with van der Waals surface area (Å²) in [4.78, 5) is 10.5. The molecule has 0 rings (SSSR count). The highest BCUT2D eigenvalue weighted by Gasteiger charge is 1.99. The zero-order valence-corrected chi connectivity index (χ0v) is 7.94. The Morgan fingerprint density at radius 3 is 2.33 bits per heavy atom. The predicted octanol–water partition coefficient (Wildman–Crippen LogP) is 2.39. The fourth-order valence-corrected chi connectivity index (χ4v) is 1.07. The normalized spacial score (nSPS) is 9.75. The molecule has 12 heavy (non-hydrogen) atoms. The summed E-state index contributed by atoms with van der Waals surface area (Å²) in [5, 5.41) is 0. The zero-order valence-electron chi connectivity index (χ0n) is 7.94. The van der Waals surface area contributed by atoms with Gasteiger partial charge in [0.1, 0.15) is 0 Å². The SMILES string of the molecule is C=C(CCCCCCC)C(N)=O. The van der Waals surface area contributed by atoms with Crippen molar-refractivity contribution < 1.29 is 4.79 Å². The highest BCUT2D eigenvalue weighted by atomic mass is 16.1. The van der Waals surface area contributed by atoms with Crippen molar-refractivity contribution in [3.8, 4) is 0 Å². The minimum absolute atomic E-state index is 0.356. The minimum atomic E-state index is -0.356. The molecule has 2 nitrogen and oxygen atoms in total. The van der Waals surface area contributed by atoms with E-state index in [1.54, 1.807) is 0 Å². The van der Waals surface area contributed by atoms with Gasteiger partial charge >= 0.3 is 0 Å². The molecular formula is C10H19NO. The monoisotopic (exact) mass is 169 g/mol. The summed E-state index contributed by atoms with van der Waals surface area (Å²) >= 11 is 0. The van der Waals surface area contributed by atoms with Crippen LogP contribution in [0.5, 0.6) is 0 Å². The molecule has 0 saturated carbocycles. The largest absolute Gasteiger partial charge is 0.366 e. The van der Waals surface area contributed by atoms with Crippen LogP contribution < -0.4 is 5.73 Å². The van der Waals surface area contributed by atoms with E-state index in [0.29, 0.717) is 5.57 Å². The maximum atomic E-state index is 10.5. The number of hydrogen-bond donors (Lipinski definition) is 1. The summed E-state index contributed by atoms with van der Waals surface area (Å²) in [7, 11) is 0.